The van der Waals surface area contributed by atoms with Crippen molar-refractivity contribution < 1.29 is 4.79 Å². The molecule has 1 saturated carbocycles. The van der Waals surface area contributed by atoms with Crippen molar-refractivity contribution >= 4 is 11.4 Å². The molecule has 0 bridgehead atoms. The predicted molar refractivity (Wildman–Crippen MR) is 58.3 cm³/mol. The standard InChI is InChI=1S/C11H12N4O/c12-6-9(16)8-2-1-5-15-11(8)13-10(14-15)7-3-4-7/h1-2,5,7H,3-4,6,12H2. The number of pyridine rings is 1. The molecule has 1 fully saturated rings. The zero-order valence-electron chi connectivity index (χ0n) is 8.76. The zero-order valence-corrected chi connectivity index (χ0v) is 8.76. The van der Waals surface area contributed by atoms with Crippen molar-refractivity contribution in [3.05, 3.63) is 29.7 Å². The fourth-order valence-electron chi connectivity index (χ4n) is 1.76. The molecule has 0 unspecified atom stereocenters. The van der Waals surface area contributed by atoms with Crippen LogP contribution >= 0.6 is 0 Å². The molecule has 2 aromatic rings. The lowest BCUT2D eigenvalue weighted by molar-refractivity contribution is 0.100. The first-order valence-electron chi connectivity index (χ1n) is 5.38. The average Bonchev–Trinajstić information content (AvgIpc) is 3.07. The summed E-state index contributed by atoms with van der Waals surface area (Å²) in [6, 6.07) is 3.54. The second kappa shape index (κ2) is 3.38. The second-order valence-corrected chi connectivity index (χ2v) is 4.06. The van der Waals surface area contributed by atoms with Gasteiger partial charge in [0.15, 0.2) is 17.3 Å². The van der Waals surface area contributed by atoms with Gasteiger partial charge in [0.05, 0.1) is 12.1 Å². The molecule has 5 nitrogen and oxygen atoms in total. The van der Waals surface area contributed by atoms with E-state index in [1.54, 1.807) is 16.6 Å². The Kier molecular flexibility index (Phi) is 2.00. The molecular formula is C11H12N4O. The number of hydrogen-bond acceptors (Lipinski definition) is 4. The van der Waals surface area contributed by atoms with Crippen molar-refractivity contribution in [2.24, 2.45) is 5.73 Å². The van der Waals surface area contributed by atoms with Crippen molar-refractivity contribution in [3.63, 3.8) is 0 Å². The van der Waals surface area contributed by atoms with Crippen LogP contribution in [0.3, 0.4) is 0 Å². The van der Waals surface area contributed by atoms with Gasteiger partial charge in [-0.15, -0.1) is 0 Å². The van der Waals surface area contributed by atoms with E-state index in [2.05, 4.69) is 10.1 Å². The number of carbonyl (C=O) groups excluding carboxylic acids is 1. The minimum absolute atomic E-state index is 0.00525. The summed E-state index contributed by atoms with van der Waals surface area (Å²) in [6.07, 6.45) is 4.11. The van der Waals surface area contributed by atoms with Gasteiger partial charge in [-0.2, -0.15) is 5.10 Å². The summed E-state index contributed by atoms with van der Waals surface area (Å²) in [7, 11) is 0. The van der Waals surface area contributed by atoms with E-state index in [-0.39, 0.29) is 12.3 Å². The van der Waals surface area contributed by atoms with Crippen molar-refractivity contribution in [1.82, 2.24) is 14.6 Å². The van der Waals surface area contributed by atoms with Crippen LogP contribution in [0, 0.1) is 0 Å². The predicted octanol–water partition coefficient (Wildman–Crippen LogP) is 0.748. The number of ketones is 1. The largest absolute Gasteiger partial charge is 0.324 e. The van der Waals surface area contributed by atoms with E-state index in [0.717, 1.165) is 18.7 Å². The first-order valence-corrected chi connectivity index (χ1v) is 5.38. The van der Waals surface area contributed by atoms with Gasteiger partial charge in [0.1, 0.15) is 0 Å². The zero-order chi connectivity index (χ0) is 11.1. The topological polar surface area (TPSA) is 73.3 Å². The smallest absolute Gasteiger partial charge is 0.180 e. The minimum atomic E-state index is -0.0969. The van der Waals surface area contributed by atoms with E-state index >= 15 is 0 Å². The highest BCUT2D eigenvalue weighted by atomic mass is 16.1. The fraction of sp³-hybridized carbons (Fsp3) is 0.364. The summed E-state index contributed by atoms with van der Waals surface area (Å²) in [6.45, 7) is 0.00525. The van der Waals surface area contributed by atoms with Crippen LogP contribution in [0.4, 0.5) is 0 Å². The maximum absolute atomic E-state index is 11.6. The molecule has 3 rings (SSSR count). The third kappa shape index (κ3) is 1.40. The van der Waals surface area contributed by atoms with Crippen LogP contribution in [0.1, 0.15) is 34.9 Å². The van der Waals surface area contributed by atoms with Crippen LogP contribution in [0.15, 0.2) is 18.3 Å². The van der Waals surface area contributed by atoms with Gasteiger partial charge in [-0.25, -0.2) is 9.50 Å². The molecule has 2 heterocycles. The quantitative estimate of drug-likeness (QED) is 0.768. The molecule has 0 aliphatic heterocycles. The van der Waals surface area contributed by atoms with E-state index in [1.165, 1.54) is 0 Å². The summed E-state index contributed by atoms with van der Waals surface area (Å²) in [5.41, 5.74) is 6.55. The molecule has 82 valence electrons. The lowest BCUT2D eigenvalue weighted by Gasteiger charge is -1.98. The summed E-state index contributed by atoms with van der Waals surface area (Å²) in [4.78, 5) is 16.0. The lowest BCUT2D eigenvalue weighted by Crippen LogP contribution is -2.14. The number of nitrogens with zero attached hydrogens (tertiary/aromatic N) is 3. The SMILES string of the molecule is NCC(=O)c1cccn2nc(C3CC3)nc12. The van der Waals surface area contributed by atoms with Gasteiger partial charge in [0.2, 0.25) is 0 Å². The minimum Gasteiger partial charge on any atom is -0.324 e. The van der Waals surface area contributed by atoms with E-state index < -0.39 is 0 Å². The maximum Gasteiger partial charge on any atom is 0.180 e. The van der Waals surface area contributed by atoms with Crippen molar-refractivity contribution in [3.8, 4) is 0 Å². The van der Waals surface area contributed by atoms with Crippen molar-refractivity contribution in [2.45, 2.75) is 18.8 Å². The van der Waals surface area contributed by atoms with Crippen molar-refractivity contribution in [1.29, 1.82) is 0 Å². The Morgan fingerprint density at radius 1 is 1.56 bits per heavy atom. The molecule has 2 N–H and O–H groups in total. The monoisotopic (exact) mass is 216 g/mol. The van der Waals surface area contributed by atoms with E-state index in [9.17, 15) is 4.79 Å². The Morgan fingerprint density at radius 2 is 2.38 bits per heavy atom. The summed E-state index contributed by atoms with van der Waals surface area (Å²) >= 11 is 0. The average molecular weight is 216 g/mol. The Bertz CT molecular complexity index is 556. The Morgan fingerprint density at radius 3 is 3.06 bits per heavy atom. The highest BCUT2D eigenvalue weighted by Crippen LogP contribution is 2.38. The Balaban J connectivity index is 2.17. The van der Waals surface area contributed by atoms with Gasteiger partial charge in [-0.1, -0.05) is 0 Å². The molecule has 0 radical (unpaired) electrons. The number of hydrogen-bond donors (Lipinski definition) is 1. The fourth-order valence-corrected chi connectivity index (χ4v) is 1.76. The Hall–Kier alpha value is -1.75. The molecule has 0 saturated heterocycles. The van der Waals surface area contributed by atoms with Crippen molar-refractivity contribution in [2.75, 3.05) is 6.54 Å². The third-order valence-electron chi connectivity index (χ3n) is 2.81. The van der Waals surface area contributed by atoms with E-state index in [1.807, 2.05) is 6.20 Å². The number of Topliss-reactive ketones (excluding diaryl/α,β-unsaturated/α-hetero) is 1. The van der Waals surface area contributed by atoms with Gasteiger partial charge >= 0.3 is 0 Å². The third-order valence-corrected chi connectivity index (χ3v) is 2.81. The summed E-state index contributed by atoms with van der Waals surface area (Å²) in [5.74, 6) is 1.23. The molecule has 1 aliphatic carbocycles. The van der Waals surface area contributed by atoms with Crippen LogP contribution in [0.2, 0.25) is 0 Å². The molecule has 0 spiro atoms. The number of carbonyl (C=O) groups is 1. The molecule has 0 aromatic carbocycles. The maximum atomic E-state index is 11.6. The van der Waals surface area contributed by atoms with Gasteiger partial charge in [-0.3, -0.25) is 4.79 Å². The highest BCUT2D eigenvalue weighted by molar-refractivity contribution is 6.02. The van der Waals surface area contributed by atoms with E-state index in [4.69, 9.17) is 5.73 Å². The van der Waals surface area contributed by atoms with Crippen LogP contribution in [0.5, 0.6) is 0 Å². The summed E-state index contributed by atoms with van der Waals surface area (Å²) < 4.78 is 1.66. The number of fused-ring (bicyclic) bond motifs is 1. The molecule has 0 atom stereocenters. The van der Waals surface area contributed by atoms with Crippen LogP contribution < -0.4 is 5.73 Å². The van der Waals surface area contributed by atoms with Crippen LogP contribution in [-0.2, 0) is 0 Å². The van der Waals surface area contributed by atoms with Gasteiger partial charge < -0.3 is 5.73 Å². The lowest BCUT2D eigenvalue weighted by atomic mass is 10.2. The molecule has 16 heavy (non-hydrogen) atoms. The molecule has 5 heteroatoms. The second-order valence-electron chi connectivity index (χ2n) is 4.06. The Labute approximate surface area is 92.3 Å². The van der Waals surface area contributed by atoms with Crippen LogP contribution in [0.25, 0.3) is 5.65 Å². The molecule has 1 aliphatic rings. The van der Waals surface area contributed by atoms with Gasteiger partial charge in [0, 0.05) is 12.1 Å². The van der Waals surface area contributed by atoms with Crippen LogP contribution in [-0.4, -0.2) is 26.9 Å². The highest BCUT2D eigenvalue weighted by Gasteiger charge is 2.28. The van der Waals surface area contributed by atoms with Gasteiger partial charge in [-0.05, 0) is 25.0 Å². The number of rotatable bonds is 3. The normalized spacial score (nSPS) is 15.6. The summed E-state index contributed by atoms with van der Waals surface area (Å²) in [5, 5.41) is 4.36. The first-order chi connectivity index (χ1) is 7.79. The van der Waals surface area contributed by atoms with E-state index in [0.29, 0.717) is 17.1 Å². The van der Waals surface area contributed by atoms with Gasteiger partial charge in [0.25, 0.3) is 0 Å². The first kappa shape index (κ1) is 9.47. The number of nitrogens with two attached hydrogens (primary N) is 1. The molecule has 2 aromatic heterocycles. The molecular weight excluding hydrogens is 204 g/mol. The molecule has 0 amide bonds. The number of aromatic nitrogens is 3.